The highest BCUT2D eigenvalue weighted by atomic mass is 16.5. The highest BCUT2D eigenvalue weighted by Crippen LogP contribution is 2.16. The average Bonchev–Trinajstić information content (AvgIpc) is 2.46. The summed E-state index contributed by atoms with van der Waals surface area (Å²) in [6.07, 6.45) is 0. The third-order valence-electron chi connectivity index (χ3n) is 3.49. The Morgan fingerprint density at radius 1 is 1.38 bits per heavy atom. The van der Waals surface area contributed by atoms with Crippen LogP contribution in [0.15, 0.2) is 18.2 Å². The van der Waals surface area contributed by atoms with Gasteiger partial charge in [-0.25, -0.2) is 0 Å². The number of ether oxygens (including phenoxy) is 2. The Hall–Kier alpha value is -1.59. The maximum Gasteiger partial charge on any atom is 0.241 e. The molecule has 0 saturated carbocycles. The molecule has 1 saturated heterocycles. The normalized spacial score (nSPS) is 18.3. The molecule has 0 radical (unpaired) electrons. The van der Waals surface area contributed by atoms with Crippen molar-refractivity contribution in [2.24, 2.45) is 0 Å². The first-order chi connectivity index (χ1) is 10.1. The van der Waals surface area contributed by atoms with Crippen LogP contribution < -0.4 is 10.1 Å². The van der Waals surface area contributed by atoms with Crippen molar-refractivity contribution in [2.45, 2.75) is 19.9 Å². The smallest absolute Gasteiger partial charge is 0.241 e. The van der Waals surface area contributed by atoms with Crippen LogP contribution in [0, 0.1) is 13.8 Å². The monoisotopic (exact) mass is 292 g/mol. The van der Waals surface area contributed by atoms with Gasteiger partial charge in [0.2, 0.25) is 5.91 Å². The second kappa shape index (κ2) is 7.43. The summed E-state index contributed by atoms with van der Waals surface area (Å²) in [5.41, 5.74) is 2.36. The van der Waals surface area contributed by atoms with Gasteiger partial charge in [0.1, 0.15) is 18.4 Å². The molecule has 5 heteroatoms. The van der Waals surface area contributed by atoms with Crippen LogP contribution in [0.5, 0.6) is 5.75 Å². The molecule has 1 atom stereocenters. The lowest BCUT2D eigenvalue weighted by atomic mass is 10.1. The minimum atomic E-state index is -0.232. The molecule has 0 spiro atoms. The summed E-state index contributed by atoms with van der Waals surface area (Å²) >= 11 is 0. The summed E-state index contributed by atoms with van der Waals surface area (Å²) in [5.74, 6) is 0.909. The molecule has 1 N–H and O–H groups in total. The third kappa shape index (κ3) is 4.72. The molecular formula is C16H24N2O3. The summed E-state index contributed by atoms with van der Waals surface area (Å²) in [7, 11) is 1.80. The lowest BCUT2D eigenvalue weighted by Crippen LogP contribution is -2.52. The van der Waals surface area contributed by atoms with Crippen LogP contribution in [0.4, 0.5) is 0 Å². The van der Waals surface area contributed by atoms with E-state index in [9.17, 15) is 4.79 Å². The summed E-state index contributed by atoms with van der Waals surface area (Å²) in [5, 5.41) is 3.17. The van der Waals surface area contributed by atoms with Crippen molar-refractivity contribution in [3.05, 3.63) is 29.3 Å². The second-order valence-corrected chi connectivity index (χ2v) is 5.51. The van der Waals surface area contributed by atoms with E-state index in [1.807, 2.05) is 26.0 Å². The number of likely N-dealkylation sites (N-methyl/N-ethyl adjacent to an activating group) is 1. The fourth-order valence-corrected chi connectivity index (χ4v) is 2.42. The SMILES string of the molecule is Cc1cc(C)cc(OCCN(C)C(=O)C2COCCN2)c1. The fourth-order valence-electron chi connectivity index (χ4n) is 2.42. The standard InChI is InChI=1S/C16H24N2O3/c1-12-8-13(2)10-14(9-12)21-7-5-18(3)16(19)15-11-20-6-4-17-15/h8-10,15,17H,4-7,11H2,1-3H3. The van der Waals surface area contributed by atoms with E-state index in [1.54, 1.807) is 11.9 Å². The van der Waals surface area contributed by atoms with E-state index < -0.39 is 0 Å². The second-order valence-electron chi connectivity index (χ2n) is 5.51. The molecule has 0 aliphatic carbocycles. The van der Waals surface area contributed by atoms with E-state index in [1.165, 1.54) is 11.1 Å². The number of nitrogens with zero attached hydrogens (tertiary/aromatic N) is 1. The van der Waals surface area contributed by atoms with Gasteiger partial charge in [0.25, 0.3) is 0 Å². The van der Waals surface area contributed by atoms with Crippen molar-refractivity contribution >= 4 is 5.91 Å². The zero-order chi connectivity index (χ0) is 15.2. The number of morpholine rings is 1. The summed E-state index contributed by atoms with van der Waals surface area (Å²) in [4.78, 5) is 13.9. The van der Waals surface area contributed by atoms with E-state index in [4.69, 9.17) is 9.47 Å². The predicted molar refractivity (Wildman–Crippen MR) is 81.7 cm³/mol. The van der Waals surface area contributed by atoms with Crippen LogP contribution in [0.2, 0.25) is 0 Å². The Labute approximate surface area is 126 Å². The molecule has 2 rings (SSSR count). The van der Waals surface area contributed by atoms with Crippen LogP contribution in [0.3, 0.4) is 0 Å². The molecule has 0 bridgehead atoms. The lowest BCUT2D eigenvalue weighted by Gasteiger charge is -2.27. The average molecular weight is 292 g/mol. The van der Waals surface area contributed by atoms with Crippen molar-refractivity contribution in [1.29, 1.82) is 0 Å². The number of nitrogens with one attached hydrogen (secondary N) is 1. The molecule has 1 heterocycles. The van der Waals surface area contributed by atoms with Crippen molar-refractivity contribution in [3.8, 4) is 5.75 Å². The van der Waals surface area contributed by atoms with Gasteiger partial charge in [0, 0.05) is 13.6 Å². The maximum atomic E-state index is 12.2. The molecule has 1 aliphatic rings. The van der Waals surface area contributed by atoms with Crippen molar-refractivity contribution < 1.29 is 14.3 Å². The summed E-state index contributed by atoms with van der Waals surface area (Å²) < 4.78 is 11.0. The van der Waals surface area contributed by atoms with E-state index >= 15 is 0 Å². The molecule has 1 aromatic carbocycles. The van der Waals surface area contributed by atoms with E-state index in [-0.39, 0.29) is 11.9 Å². The van der Waals surface area contributed by atoms with Gasteiger partial charge >= 0.3 is 0 Å². The molecule has 1 unspecified atom stereocenters. The van der Waals surface area contributed by atoms with Gasteiger partial charge in [-0.15, -0.1) is 0 Å². The largest absolute Gasteiger partial charge is 0.492 e. The zero-order valence-corrected chi connectivity index (χ0v) is 13.0. The van der Waals surface area contributed by atoms with Gasteiger partial charge in [-0.2, -0.15) is 0 Å². The minimum absolute atomic E-state index is 0.0544. The highest BCUT2D eigenvalue weighted by molar-refractivity contribution is 5.81. The molecule has 0 aromatic heterocycles. The molecule has 1 amide bonds. The lowest BCUT2D eigenvalue weighted by molar-refractivity contribution is -0.135. The summed E-state index contributed by atoms with van der Waals surface area (Å²) in [6, 6.07) is 5.89. The number of aryl methyl sites for hydroxylation is 2. The highest BCUT2D eigenvalue weighted by Gasteiger charge is 2.23. The van der Waals surface area contributed by atoms with Gasteiger partial charge < -0.3 is 19.7 Å². The zero-order valence-electron chi connectivity index (χ0n) is 13.0. The number of benzene rings is 1. The topological polar surface area (TPSA) is 50.8 Å². The quantitative estimate of drug-likeness (QED) is 0.884. The number of carbonyl (C=O) groups is 1. The van der Waals surface area contributed by atoms with Crippen LogP contribution in [-0.2, 0) is 9.53 Å². The van der Waals surface area contributed by atoms with Crippen LogP contribution in [0.25, 0.3) is 0 Å². The number of rotatable bonds is 5. The van der Waals surface area contributed by atoms with E-state index in [0.29, 0.717) is 26.4 Å². The van der Waals surface area contributed by atoms with Crippen LogP contribution in [0.1, 0.15) is 11.1 Å². The van der Waals surface area contributed by atoms with Crippen LogP contribution in [-0.4, -0.2) is 56.8 Å². The summed E-state index contributed by atoms with van der Waals surface area (Å²) in [6.45, 7) is 6.98. The predicted octanol–water partition coefficient (Wildman–Crippen LogP) is 1.13. The van der Waals surface area contributed by atoms with Gasteiger partial charge in [-0.05, 0) is 37.1 Å². The third-order valence-corrected chi connectivity index (χ3v) is 3.49. The first-order valence-electron chi connectivity index (χ1n) is 7.33. The fraction of sp³-hybridized carbons (Fsp3) is 0.562. The Morgan fingerprint density at radius 2 is 2.10 bits per heavy atom. The molecular weight excluding hydrogens is 268 g/mol. The number of hydrogen-bond donors (Lipinski definition) is 1. The number of hydrogen-bond acceptors (Lipinski definition) is 4. The molecule has 5 nitrogen and oxygen atoms in total. The molecule has 1 fully saturated rings. The number of amides is 1. The Kier molecular flexibility index (Phi) is 5.59. The van der Waals surface area contributed by atoms with E-state index in [0.717, 1.165) is 12.3 Å². The first kappa shape index (κ1) is 15.8. The van der Waals surface area contributed by atoms with Gasteiger partial charge in [-0.1, -0.05) is 6.07 Å². The van der Waals surface area contributed by atoms with Crippen molar-refractivity contribution in [3.63, 3.8) is 0 Å². The van der Waals surface area contributed by atoms with Crippen LogP contribution >= 0.6 is 0 Å². The van der Waals surface area contributed by atoms with E-state index in [2.05, 4.69) is 11.4 Å². The first-order valence-corrected chi connectivity index (χ1v) is 7.33. The number of carbonyl (C=O) groups excluding carboxylic acids is 1. The Bertz CT molecular complexity index is 464. The maximum absolute atomic E-state index is 12.2. The van der Waals surface area contributed by atoms with Gasteiger partial charge in [0.15, 0.2) is 0 Å². The Morgan fingerprint density at radius 3 is 2.71 bits per heavy atom. The molecule has 1 aromatic rings. The Balaban J connectivity index is 1.78. The molecule has 21 heavy (non-hydrogen) atoms. The van der Waals surface area contributed by atoms with Gasteiger partial charge in [0.05, 0.1) is 19.8 Å². The molecule has 116 valence electrons. The minimum Gasteiger partial charge on any atom is -0.492 e. The van der Waals surface area contributed by atoms with Crippen molar-refractivity contribution in [2.75, 3.05) is 40.0 Å². The van der Waals surface area contributed by atoms with Gasteiger partial charge in [-0.3, -0.25) is 4.79 Å². The molecule has 1 aliphatic heterocycles. The van der Waals surface area contributed by atoms with Crippen molar-refractivity contribution in [1.82, 2.24) is 10.2 Å².